The van der Waals surface area contributed by atoms with Crippen LogP contribution in [0.15, 0.2) is 42.6 Å². The first-order valence-electron chi connectivity index (χ1n) is 6.12. The number of ether oxygens (including phenoxy) is 1. The molecule has 0 aliphatic heterocycles. The predicted molar refractivity (Wildman–Crippen MR) is 71.9 cm³/mol. The van der Waals surface area contributed by atoms with Crippen molar-refractivity contribution in [3.05, 3.63) is 48.3 Å². The zero-order chi connectivity index (χ0) is 13.7. The fourth-order valence-corrected chi connectivity index (χ4v) is 1.70. The second-order valence-corrected chi connectivity index (χ2v) is 4.21. The van der Waals surface area contributed by atoms with Gasteiger partial charge in [-0.3, -0.25) is 10.1 Å². The quantitative estimate of drug-likeness (QED) is 0.827. The normalized spacial score (nSPS) is 12.1. The van der Waals surface area contributed by atoms with Gasteiger partial charge < -0.3 is 4.74 Å². The van der Waals surface area contributed by atoms with Gasteiger partial charge in [-0.1, -0.05) is 18.2 Å². The third-order valence-electron chi connectivity index (χ3n) is 2.81. The summed E-state index contributed by atoms with van der Waals surface area (Å²) in [7, 11) is 1.38. The van der Waals surface area contributed by atoms with Crippen molar-refractivity contribution in [2.75, 3.05) is 7.11 Å². The molecule has 0 aliphatic carbocycles. The summed E-state index contributed by atoms with van der Waals surface area (Å²) in [4.78, 5) is 11.2. The van der Waals surface area contributed by atoms with Crippen molar-refractivity contribution in [2.45, 2.75) is 19.5 Å². The summed E-state index contributed by atoms with van der Waals surface area (Å²) in [5.41, 5.74) is 1.88. The van der Waals surface area contributed by atoms with E-state index in [-0.39, 0.29) is 12.0 Å². The molecule has 19 heavy (non-hydrogen) atoms. The number of methoxy groups -OCH3 is 1. The van der Waals surface area contributed by atoms with Gasteiger partial charge in [0.1, 0.15) is 6.04 Å². The van der Waals surface area contributed by atoms with E-state index in [9.17, 15) is 4.79 Å². The van der Waals surface area contributed by atoms with Crippen LogP contribution >= 0.6 is 0 Å². The van der Waals surface area contributed by atoms with E-state index in [0.717, 1.165) is 11.4 Å². The molecular formula is C14H17N3O2. The van der Waals surface area contributed by atoms with Crippen LogP contribution in [0.4, 0.5) is 0 Å². The third kappa shape index (κ3) is 3.42. The number of nitrogens with zero attached hydrogens (tertiary/aromatic N) is 2. The second kappa shape index (κ2) is 6.15. The molecule has 2 aromatic rings. The molecule has 1 heterocycles. The van der Waals surface area contributed by atoms with Crippen LogP contribution in [0.2, 0.25) is 0 Å². The first kappa shape index (κ1) is 13.3. The van der Waals surface area contributed by atoms with Crippen molar-refractivity contribution in [1.82, 2.24) is 15.1 Å². The van der Waals surface area contributed by atoms with Crippen molar-refractivity contribution in [3.63, 3.8) is 0 Å². The number of hydrogen-bond acceptors (Lipinski definition) is 4. The summed E-state index contributed by atoms with van der Waals surface area (Å²) in [6.45, 7) is 2.29. The number of nitrogens with one attached hydrogen (secondary N) is 1. The van der Waals surface area contributed by atoms with Gasteiger partial charge in [0, 0.05) is 12.7 Å². The molecule has 0 fully saturated rings. The lowest BCUT2D eigenvalue weighted by atomic mass is 10.3. The van der Waals surface area contributed by atoms with Crippen LogP contribution in [-0.4, -0.2) is 28.9 Å². The lowest BCUT2D eigenvalue weighted by Gasteiger charge is -2.09. The highest BCUT2D eigenvalue weighted by molar-refractivity contribution is 5.75. The third-order valence-corrected chi connectivity index (χ3v) is 2.81. The average molecular weight is 259 g/mol. The highest BCUT2D eigenvalue weighted by Gasteiger charge is 2.12. The van der Waals surface area contributed by atoms with Gasteiger partial charge in [-0.15, -0.1) is 0 Å². The topological polar surface area (TPSA) is 56.1 Å². The highest BCUT2D eigenvalue weighted by atomic mass is 16.5. The van der Waals surface area contributed by atoms with Crippen LogP contribution in [0.25, 0.3) is 5.69 Å². The lowest BCUT2D eigenvalue weighted by molar-refractivity contribution is -0.142. The minimum Gasteiger partial charge on any atom is -0.468 e. The van der Waals surface area contributed by atoms with Crippen LogP contribution in [0.5, 0.6) is 0 Å². The second-order valence-electron chi connectivity index (χ2n) is 4.21. The summed E-state index contributed by atoms with van der Waals surface area (Å²) >= 11 is 0. The molecule has 1 atom stereocenters. The molecule has 100 valence electrons. The Kier molecular flexibility index (Phi) is 4.30. The average Bonchev–Trinajstić information content (AvgIpc) is 2.93. The van der Waals surface area contributed by atoms with E-state index >= 15 is 0 Å². The Morgan fingerprint density at radius 2 is 2.11 bits per heavy atom. The van der Waals surface area contributed by atoms with Gasteiger partial charge >= 0.3 is 5.97 Å². The zero-order valence-corrected chi connectivity index (χ0v) is 11.0. The van der Waals surface area contributed by atoms with E-state index in [2.05, 4.69) is 15.2 Å². The smallest absolute Gasteiger partial charge is 0.322 e. The molecule has 1 aromatic heterocycles. The Morgan fingerprint density at radius 1 is 1.37 bits per heavy atom. The van der Waals surface area contributed by atoms with Crippen molar-refractivity contribution >= 4 is 5.97 Å². The van der Waals surface area contributed by atoms with Crippen molar-refractivity contribution < 1.29 is 9.53 Å². The molecular weight excluding hydrogens is 242 g/mol. The van der Waals surface area contributed by atoms with Crippen LogP contribution in [0, 0.1) is 0 Å². The molecule has 5 nitrogen and oxygen atoms in total. The number of rotatable bonds is 5. The van der Waals surface area contributed by atoms with Gasteiger partial charge in [0.2, 0.25) is 0 Å². The molecule has 0 amide bonds. The molecule has 1 N–H and O–H groups in total. The van der Waals surface area contributed by atoms with E-state index in [4.69, 9.17) is 0 Å². The molecule has 0 saturated carbocycles. The van der Waals surface area contributed by atoms with E-state index < -0.39 is 0 Å². The number of carbonyl (C=O) groups is 1. The van der Waals surface area contributed by atoms with E-state index in [0.29, 0.717) is 6.54 Å². The van der Waals surface area contributed by atoms with Gasteiger partial charge in [0.25, 0.3) is 0 Å². The maximum atomic E-state index is 11.2. The number of esters is 1. The first-order chi connectivity index (χ1) is 9.20. The summed E-state index contributed by atoms with van der Waals surface area (Å²) < 4.78 is 6.45. The van der Waals surface area contributed by atoms with E-state index in [1.165, 1.54) is 7.11 Å². The Balaban J connectivity index is 1.97. The predicted octanol–water partition coefficient (Wildman–Crippen LogP) is 1.52. The van der Waals surface area contributed by atoms with Gasteiger partial charge in [-0.25, -0.2) is 4.68 Å². The maximum absolute atomic E-state index is 11.2. The molecule has 0 bridgehead atoms. The first-order valence-corrected chi connectivity index (χ1v) is 6.12. The van der Waals surface area contributed by atoms with E-state index in [1.807, 2.05) is 42.6 Å². The molecule has 1 aromatic carbocycles. The molecule has 0 saturated heterocycles. The Morgan fingerprint density at radius 3 is 2.79 bits per heavy atom. The standard InChI is InChI=1S/C14H17N3O2/c1-11(14(18)19-2)15-10-12-8-9-17(16-12)13-6-4-3-5-7-13/h3-9,11,15H,10H2,1-2H3/t11-/m0/s1. The number of benzene rings is 1. The summed E-state index contributed by atoms with van der Waals surface area (Å²) in [6, 6.07) is 11.5. The molecule has 0 unspecified atom stereocenters. The van der Waals surface area contributed by atoms with Gasteiger partial charge in [0.05, 0.1) is 18.5 Å². The Labute approximate surface area is 112 Å². The highest BCUT2D eigenvalue weighted by Crippen LogP contribution is 2.06. The fourth-order valence-electron chi connectivity index (χ4n) is 1.70. The van der Waals surface area contributed by atoms with Crippen molar-refractivity contribution in [3.8, 4) is 5.69 Å². The summed E-state index contributed by atoms with van der Waals surface area (Å²) in [5.74, 6) is -0.275. The monoisotopic (exact) mass is 259 g/mol. The number of carbonyl (C=O) groups excluding carboxylic acids is 1. The van der Waals surface area contributed by atoms with Crippen LogP contribution in [0.3, 0.4) is 0 Å². The fraction of sp³-hybridized carbons (Fsp3) is 0.286. The van der Waals surface area contributed by atoms with Crippen molar-refractivity contribution in [1.29, 1.82) is 0 Å². The Hall–Kier alpha value is -2.14. The van der Waals surface area contributed by atoms with Crippen LogP contribution < -0.4 is 5.32 Å². The molecule has 0 spiro atoms. The molecule has 2 rings (SSSR count). The number of aromatic nitrogens is 2. The largest absolute Gasteiger partial charge is 0.468 e. The SMILES string of the molecule is COC(=O)[C@H](C)NCc1ccn(-c2ccccc2)n1. The zero-order valence-electron chi connectivity index (χ0n) is 11.0. The Bertz CT molecular complexity index is 537. The van der Waals surface area contributed by atoms with E-state index in [1.54, 1.807) is 11.6 Å². The van der Waals surface area contributed by atoms with Gasteiger partial charge in [0.15, 0.2) is 0 Å². The maximum Gasteiger partial charge on any atom is 0.322 e. The minimum atomic E-state index is -0.341. The van der Waals surface area contributed by atoms with Gasteiger partial charge in [-0.05, 0) is 25.1 Å². The van der Waals surface area contributed by atoms with Crippen molar-refractivity contribution in [2.24, 2.45) is 0 Å². The summed E-state index contributed by atoms with van der Waals surface area (Å²) in [6.07, 6.45) is 1.90. The molecule has 0 aliphatic rings. The summed E-state index contributed by atoms with van der Waals surface area (Å²) in [5, 5.41) is 7.50. The number of para-hydroxylation sites is 1. The van der Waals surface area contributed by atoms with Crippen LogP contribution in [-0.2, 0) is 16.1 Å². The lowest BCUT2D eigenvalue weighted by Crippen LogP contribution is -2.34. The molecule has 5 heteroatoms. The minimum absolute atomic E-state index is 0.275. The number of hydrogen-bond donors (Lipinski definition) is 1. The van der Waals surface area contributed by atoms with Crippen LogP contribution in [0.1, 0.15) is 12.6 Å². The van der Waals surface area contributed by atoms with Gasteiger partial charge in [-0.2, -0.15) is 5.10 Å². The molecule has 0 radical (unpaired) electrons.